The molecule has 1 saturated heterocycles. The SMILES string of the molecule is C=CCC(NC)C1CSCCO1. The van der Waals surface area contributed by atoms with Crippen LogP contribution in [0.4, 0.5) is 0 Å². The van der Waals surface area contributed by atoms with Crippen LogP contribution >= 0.6 is 11.8 Å². The van der Waals surface area contributed by atoms with Gasteiger partial charge in [0.15, 0.2) is 0 Å². The van der Waals surface area contributed by atoms with Crippen molar-refractivity contribution in [1.82, 2.24) is 5.32 Å². The van der Waals surface area contributed by atoms with Crippen molar-refractivity contribution in [3.63, 3.8) is 0 Å². The molecule has 0 aliphatic carbocycles. The molecule has 0 saturated carbocycles. The van der Waals surface area contributed by atoms with Gasteiger partial charge in [-0.25, -0.2) is 0 Å². The summed E-state index contributed by atoms with van der Waals surface area (Å²) in [5.41, 5.74) is 0. The van der Waals surface area contributed by atoms with Crippen molar-refractivity contribution >= 4 is 11.8 Å². The van der Waals surface area contributed by atoms with Crippen LogP contribution in [-0.2, 0) is 4.74 Å². The highest BCUT2D eigenvalue weighted by molar-refractivity contribution is 7.99. The Morgan fingerprint density at radius 2 is 2.67 bits per heavy atom. The van der Waals surface area contributed by atoms with Crippen molar-refractivity contribution < 1.29 is 4.74 Å². The van der Waals surface area contributed by atoms with E-state index in [4.69, 9.17) is 4.74 Å². The second-order valence-corrected chi connectivity index (χ2v) is 4.05. The number of likely N-dealkylation sites (N-methyl/N-ethyl adjacent to an activating group) is 1. The molecule has 2 unspecified atom stereocenters. The summed E-state index contributed by atoms with van der Waals surface area (Å²) in [6.45, 7) is 4.63. The number of rotatable bonds is 4. The lowest BCUT2D eigenvalue weighted by Crippen LogP contribution is -2.42. The maximum atomic E-state index is 5.65. The van der Waals surface area contributed by atoms with Crippen LogP contribution in [0.2, 0.25) is 0 Å². The maximum absolute atomic E-state index is 5.65. The third kappa shape index (κ3) is 2.81. The lowest BCUT2D eigenvalue weighted by molar-refractivity contribution is 0.0499. The minimum Gasteiger partial charge on any atom is -0.375 e. The van der Waals surface area contributed by atoms with Gasteiger partial charge < -0.3 is 10.1 Å². The van der Waals surface area contributed by atoms with E-state index in [1.807, 2.05) is 24.9 Å². The Balaban J connectivity index is 2.34. The topological polar surface area (TPSA) is 21.3 Å². The van der Waals surface area contributed by atoms with Gasteiger partial charge in [-0.2, -0.15) is 11.8 Å². The molecule has 0 bridgehead atoms. The maximum Gasteiger partial charge on any atom is 0.0821 e. The van der Waals surface area contributed by atoms with Crippen molar-refractivity contribution in [2.45, 2.75) is 18.6 Å². The monoisotopic (exact) mass is 187 g/mol. The largest absolute Gasteiger partial charge is 0.375 e. The van der Waals surface area contributed by atoms with E-state index in [-0.39, 0.29) is 0 Å². The zero-order valence-electron chi connectivity index (χ0n) is 7.58. The molecule has 1 fully saturated rings. The number of hydrogen-bond acceptors (Lipinski definition) is 3. The van der Waals surface area contributed by atoms with Crippen LogP contribution < -0.4 is 5.32 Å². The van der Waals surface area contributed by atoms with Crippen molar-refractivity contribution in [3.05, 3.63) is 12.7 Å². The summed E-state index contributed by atoms with van der Waals surface area (Å²) < 4.78 is 5.65. The summed E-state index contributed by atoms with van der Waals surface area (Å²) in [6, 6.07) is 0.440. The molecule has 12 heavy (non-hydrogen) atoms. The van der Waals surface area contributed by atoms with E-state index in [9.17, 15) is 0 Å². The quantitative estimate of drug-likeness (QED) is 0.670. The predicted octanol–water partition coefficient (Wildman–Crippen LogP) is 1.28. The summed E-state index contributed by atoms with van der Waals surface area (Å²) in [6.07, 6.45) is 3.30. The second kappa shape index (κ2) is 5.62. The molecule has 0 aromatic rings. The van der Waals surface area contributed by atoms with Gasteiger partial charge in [-0.05, 0) is 13.5 Å². The summed E-state index contributed by atoms with van der Waals surface area (Å²) in [7, 11) is 1.98. The average Bonchev–Trinajstić information content (AvgIpc) is 2.15. The molecule has 0 spiro atoms. The van der Waals surface area contributed by atoms with Gasteiger partial charge in [-0.15, -0.1) is 6.58 Å². The number of thioether (sulfide) groups is 1. The summed E-state index contributed by atoms with van der Waals surface area (Å²) in [5, 5.41) is 3.26. The first-order valence-corrected chi connectivity index (χ1v) is 5.51. The van der Waals surface area contributed by atoms with E-state index in [1.54, 1.807) is 0 Å². The molecule has 70 valence electrons. The Morgan fingerprint density at radius 3 is 3.17 bits per heavy atom. The molecule has 0 amide bonds. The Morgan fingerprint density at radius 1 is 1.83 bits per heavy atom. The van der Waals surface area contributed by atoms with Gasteiger partial charge in [0.2, 0.25) is 0 Å². The van der Waals surface area contributed by atoms with Gasteiger partial charge in [0.05, 0.1) is 12.7 Å². The average molecular weight is 187 g/mol. The molecule has 2 atom stereocenters. The molecule has 1 rings (SSSR count). The van der Waals surface area contributed by atoms with Crippen molar-refractivity contribution in [3.8, 4) is 0 Å². The van der Waals surface area contributed by atoms with Gasteiger partial charge >= 0.3 is 0 Å². The highest BCUT2D eigenvalue weighted by Gasteiger charge is 2.21. The Hall–Kier alpha value is 0.01000. The smallest absolute Gasteiger partial charge is 0.0821 e. The minimum absolute atomic E-state index is 0.367. The van der Waals surface area contributed by atoms with E-state index < -0.39 is 0 Å². The zero-order chi connectivity index (χ0) is 8.81. The van der Waals surface area contributed by atoms with E-state index in [2.05, 4.69) is 11.9 Å². The molecule has 1 N–H and O–H groups in total. The first kappa shape index (κ1) is 10.1. The standard InChI is InChI=1S/C9H17NOS/c1-3-4-8(10-2)9-7-12-6-5-11-9/h3,8-10H,1,4-7H2,2H3. The van der Waals surface area contributed by atoms with E-state index in [0.29, 0.717) is 12.1 Å². The van der Waals surface area contributed by atoms with E-state index in [1.165, 1.54) is 0 Å². The first-order chi connectivity index (χ1) is 5.88. The fourth-order valence-electron chi connectivity index (χ4n) is 1.37. The van der Waals surface area contributed by atoms with Crippen LogP contribution in [0.3, 0.4) is 0 Å². The van der Waals surface area contributed by atoms with Gasteiger partial charge in [0.1, 0.15) is 0 Å². The molecule has 0 radical (unpaired) electrons. The van der Waals surface area contributed by atoms with Crippen LogP contribution in [0.15, 0.2) is 12.7 Å². The molecule has 2 nitrogen and oxygen atoms in total. The van der Waals surface area contributed by atoms with E-state index in [0.717, 1.165) is 24.5 Å². The Labute approximate surface area is 78.7 Å². The molecule has 1 heterocycles. The molecule has 1 aliphatic rings. The summed E-state index contributed by atoms with van der Waals surface area (Å²) >= 11 is 1.97. The summed E-state index contributed by atoms with van der Waals surface area (Å²) in [4.78, 5) is 0. The predicted molar refractivity (Wildman–Crippen MR) is 54.7 cm³/mol. The molecule has 1 aliphatic heterocycles. The Kier molecular flexibility index (Phi) is 4.73. The zero-order valence-corrected chi connectivity index (χ0v) is 8.40. The normalized spacial score (nSPS) is 26.6. The Bertz CT molecular complexity index is 134. The van der Waals surface area contributed by atoms with Crippen molar-refractivity contribution in [2.24, 2.45) is 0 Å². The summed E-state index contributed by atoms with van der Waals surface area (Å²) in [5.74, 6) is 2.25. The fraction of sp³-hybridized carbons (Fsp3) is 0.778. The van der Waals surface area contributed by atoms with Crippen LogP contribution in [0, 0.1) is 0 Å². The molecular weight excluding hydrogens is 170 g/mol. The van der Waals surface area contributed by atoms with Crippen molar-refractivity contribution in [2.75, 3.05) is 25.2 Å². The number of nitrogens with one attached hydrogen (secondary N) is 1. The number of ether oxygens (including phenoxy) is 1. The molecule has 0 aromatic carbocycles. The molecular formula is C9H17NOS. The number of hydrogen-bond donors (Lipinski definition) is 1. The third-order valence-electron chi connectivity index (χ3n) is 2.08. The van der Waals surface area contributed by atoms with Gasteiger partial charge in [0.25, 0.3) is 0 Å². The molecule has 0 aromatic heterocycles. The molecule has 3 heteroatoms. The van der Waals surface area contributed by atoms with E-state index >= 15 is 0 Å². The highest BCUT2D eigenvalue weighted by Crippen LogP contribution is 2.16. The van der Waals surface area contributed by atoms with Crippen molar-refractivity contribution in [1.29, 1.82) is 0 Å². The second-order valence-electron chi connectivity index (χ2n) is 2.90. The van der Waals surface area contributed by atoms with Crippen LogP contribution in [0.1, 0.15) is 6.42 Å². The first-order valence-electron chi connectivity index (χ1n) is 4.36. The van der Waals surface area contributed by atoms with Gasteiger partial charge in [-0.3, -0.25) is 0 Å². The lowest BCUT2D eigenvalue weighted by Gasteiger charge is -2.29. The van der Waals surface area contributed by atoms with Crippen LogP contribution in [0.25, 0.3) is 0 Å². The van der Waals surface area contributed by atoms with Crippen LogP contribution in [-0.4, -0.2) is 37.3 Å². The minimum atomic E-state index is 0.367. The van der Waals surface area contributed by atoms with Gasteiger partial charge in [0, 0.05) is 17.5 Å². The highest BCUT2D eigenvalue weighted by atomic mass is 32.2. The van der Waals surface area contributed by atoms with Crippen LogP contribution in [0.5, 0.6) is 0 Å². The van der Waals surface area contributed by atoms with Gasteiger partial charge in [-0.1, -0.05) is 6.08 Å². The third-order valence-corrected chi connectivity index (χ3v) is 3.10. The fourth-order valence-corrected chi connectivity index (χ4v) is 2.31. The lowest BCUT2D eigenvalue weighted by atomic mass is 10.1.